The molecular formula is C6H12O5S. The van der Waals surface area contributed by atoms with Gasteiger partial charge in [0.15, 0.2) is 0 Å². The summed E-state index contributed by atoms with van der Waals surface area (Å²) in [4.78, 5) is 10.3. The van der Waals surface area contributed by atoms with Crippen molar-refractivity contribution in [1.82, 2.24) is 0 Å². The fourth-order valence-electron chi connectivity index (χ4n) is 0.561. The Kier molecular flexibility index (Phi) is 4.19. The summed E-state index contributed by atoms with van der Waals surface area (Å²) in [6.45, 7) is 2.69. The van der Waals surface area contributed by atoms with Crippen molar-refractivity contribution >= 4 is 16.1 Å². The summed E-state index contributed by atoms with van der Waals surface area (Å²) in [5, 5.41) is 0. The van der Waals surface area contributed by atoms with Crippen molar-refractivity contribution in [2.75, 3.05) is 12.9 Å². The SMILES string of the molecule is CC(=O)OCC(C)OS(C)(=O)=O. The molecule has 0 saturated heterocycles. The zero-order valence-electron chi connectivity index (χ0n) is 7.23. The van der Waals surface area contributed by atoms with Gasteiger partial charge >= 0.3 is 5.97 Å². The van der Waals surface area contributed by atoms with Crippen molar-refractivity contribution in [3.05, 3.63) is 0 Å². The van der Waals surface area contributed by atoms with E-state index in [0.29, 0.717) is 0 Å². The molecule has 0 aromatic rings. The van der Waals surface area contributed by atoms with E-state index in [9.17, 15) is 13.2 Å². The Morgan fingerprint density at radius 2 is 2.00 bits per heavy atom. The third-order valence-electron chi connectivity index (χ3n) is 0.860. The maximum atomic E-state index is 10.5. The summed E-state index contributed by atoms with van der Waals surface area (Å²) in [6.07, 6.45) is 0.306. The van der Waals surface area contributed by atoms with Crippen molar-refractivity contribution in [3.8, 4) is 0 Å². The number of carbonyl (C=O) groups is 1. The second kappa shape index (κ2) is 4.42. The van der Waals surface area contributed by atoms with Crippen LogP contribution in [0.2, 0.25) is 0 Å². The van der Waals surface area contributed by atoms with Crippen LogP contribution in [0.25, 0.3) is 0 Å². The second-order valence-electron chi connectivity index (χ2n) is 2.41. The molecule has 0 aromatic carbocycles. The smallest absolute Gasteiger partial charge is 0.302 e. The minimum atomic E-state index is -3.46. The highest BCUT2D eigenvalue weighted by atomic mass is 32.2. The molecule has 0 radical (unpaired) electrons. The molecule has 0 N–H and O–H groups in total. The molecule has 0 rings (SSSR count). The predicted molar refractivity (Wildman–Crippen MR) is 42.0 cm³/mol. The molecule has 0 spiro atoms. The molecule has 0 aliphatic carbocycles. The maximum absolute atomic E-state index is 10.5. The summed E-state index contributed by atoms with van der Waals surface area (Å²) < 4.78 is 30.1. The molecule has 0 heterocycles. The van der Waals surface area contributed by atoms with E-state index in [0.717, 1.165) is 6.26 Å². The number of rotatable bonds is 4. The minimum absolute atomic E-state index is 0.0532. The van der Waals surface area contributed by atoms with Crippen molar-refractivity contribution in [3.63, 3.8) is 0 Å². The van der Waals surface area contributed by atoms with Crippen LogP contribution in [0.3, 0.4) is 0 Å². The lowest BCUT2D eigenvalue weighted by atomic mass is 10.4. The monoisotopic (exact) mass is 196 g/mol. The first-order valence-electron chi connectivity index (χ1n) is 3.33. The van der Waals surface area contributed by atoms with Gasteiger partial charge in [0.2, 0.25) is 0 Å². The van der Waals surface area contributed by atoms with Gasteiger partial charge in [0.1, 0.15) is 12.7 Å². The van der Waals surface area contributed by atoms with Gasteiger partial charge in [-0.3, -0.25) is 8.98 Å². The average molecular weight is 196 g/mol. The van der Waals surface area contributed by atoms with E-state index in [1.807, 2.05) is 0 Å². The summed E-state index contributed by atoms with van der Waals surface area (Å²) >= 11 is 0. The quantitative estimate of drug-likeness (QED) is 0.464. The summed E-state index contributed by atoms with van der Waals surface area (Å²) in [6, 6.07) is 0. The van der Waals surface area contributed by atoms with Gasteiger partial charge in [0.05, 0.1) is 6.26 Å². The van der Waals surface area contributed by atoms with E-state index in [-0.39, 0.29) is 6.61 Å². The van der Waals surface area contributed by atoms with Crippen molar-refractivity contribution < 1.29 is 22.1 Å². The van der Waals surface area contributed by atoms with E-state index >= 15 is 0 Å². The lowest BCUT2D eigenvalue weighted by molar-refractivity contribution is -0.143. The minimum Gasteiger partial charge on any atom is -0.463 e. The second-order valence-corrected chi connectivity index (χ2v) is 4.01. The van der Waals surface area contributed by atoms with Crippen LogP contribution in [0, 0.1) is 0 Å². The lowest BCUT2D eigenvalue weighted by Gasteiger charge is -2.09. The molecule has 6 heteroatoms. The van der Waals surface area contributed by atoms with Gasteiger partial charge in [0, 0.05) is 6.92 Å². The Bertz CT molecular complexity index is 243. The standard InChI is InChI=1S/C6H12O5S/c1-5(4-10-6(2)7)11-12(3,8)9/h5H,4H2,1-3H3. The van der Waals surface area contributed by atoms with Crippen molar-refractivity contribution in [2.24, 2.45) is 0 Å². The Morgan fingerprint density at radius 3 is 2.33 bits per heavy atom. The highest BCUT2D eigenvalue weighted by molar-refractivity contribution is 7.86. The van der Waals surface area contributed by atoms with Gasteiger partial charge < -0.3 is 4.74 Å². The molecule has 1 unspecified atom stereocenters. The topological polar surface area (TPSA) is 69.7 Å². The Morgan fingerprint density at radius 1 is 1.50 bits per heavy atom. The molecule has 0 amide bonds. The van der Waals surface area contributed by atoms with Gasteiger partial charge in [-0.15, -0.1) is 0 Å². The molecular weight excluding hydrogens is 184 g/mol. The van der Waals surface area contributed by atoms with E-state index in [4.69, 9.17) is 0 Å². The first kappa shape index (κ1) is 11.4. The number of hydrogen-bond donors (Lipinski definition) is 0. The summed E-state index contributed by atoms with van der Waals surface area (Å²) in [5.41, 5.74) is 0. The van der Waals surface area contributed by atoms with Crippen LogP contribution in [-0.4, -0.2) is 33.4 Å². The zero-order valence-corrected chi connectivity index (χ0v) is 8.05. The first-order chi connectivity index (χ1) is 5.31. The molecule has 5 nitrogen and oxygen atoms in total. The van der Waals surface area contributed by atoms with Gasteiger partial charge in [-0.25, -0.2) is 0 Å². The van der Waals surface area contributed by atoms with E-state index < -0.39 is 22.2 Å². The van der Waals surface area contributed by atoms with E-state index in [1.54, 1.807) is 0 Å². The van der Waals surface area contributed by atoms with E-state index in [1.165, 1.54) is 13.8 Å². The van der Waals surface area contributed by atoms with Crippen LogP contribution in [0.4, 0.5) is 0 Å². The molecule has 0 aliphatic heterocycles. The molecule has 0 bridgehead atoms. The van der Waals surface area contributed by atoms with Crippen LogP contribution in [0.15, 0.2) is 0 Å². The van der Waals surface area contributed by atoms with Gasteiger partial charge in [0.25, 0.3) is 10.1 Å². The molecule has 0 saturated carbocycles. The fourth-order valence-corrected chi connectivity index (χ4v) is 1.21. The predicted octanol–water partition coefficient (Wildman–Crippen LogP) is -0.0858. The van der Waals surface area contributed by atoms with Crippen LogP contribution in [0.5, 0.6) is 0 Å². The normalized spacial score (nSPS) is 13.9. The summed E-state index contributed by atoms with van der Waals surface area (Å²) in [7, 11) is -3.46. The highest BCUT2D eigenvalue weighted by Crippen LogP contribution is 1.97. The Balaban J connectivity index is 3.75. The lowest BCUT2D eigenvalue weighted by Crippen LogP contribution is -2.20. The summed E-state index contributed by atoms with van der Waals surface area (Å²) in [5.74, 6) is -0.459. The van der Waals surface area contributed by atoms with Crippen molar-refractivity contribution in [2.45, 2.75) is 20.0 Å². The molecule has 1 atom stereocenters. The van der Waals surface area contributed by atoms with Crippen molar-refractivity contribution in [1.29, 1.82) is 0 Å². The average Bonchev–Trinajstić information content (AvgIpc) is 1.79. The van der Waals surface area contributed by atoms with Crippen LogP contribution >= 0.6 is 0 Å². The van der Waals surface area contributed by atoms with Gasteiger partial charge in [-0.1, -0.05) is 0 Å². The third kappa shape index (κ3) is 7.49. The third-order valence-corrected chi connectivity index (χ3v) is 1.54. The molecule has 0 fully saturated rings. The maximum Gasteiger partial charge on any atom is 0.302 e. The first-order valence-corrected chi connectivity index (χ1v) is 5.14. The zero-order chi connectivity index (χ0) is 9.78. The van der Waals surface area contributed by atoms with Crippen LogP contribution in [-0.2, 0) is 23.8 Å². The molecule has 12 heavy (non-hydrogen) atoms. The molecule has 72 valence electrons. The number of hydrogen-bond acceptors (Lipinski definition) is 5. The van der Waals surface area contributed by atoms with Crippen LogP contribution < -0.4 is 0 Å². The Labute approximate surface area is 71.8 Å². The fraction of sp³-hybridized carbons (Fsp3) is 0.833. The molecule has 0 aliphatic rings. The Hall–Kier alpha value is -0.620. The van der Waals surface area contributed by atoms with Gasteiger partial charge in [-0.05, 0) is 6.92 Å². The highest BCUT2D eigenvalue weighted by Gasteiger charge is 2.10. The van der Waals surface area contributed by atoms with E-state index in [2.05, 4.69) is 8.92 Å². The number of carbonyl (C=O) groups excluding carboxylic acids is 1. The number of ether oxygens (including phenoxy) is 1. The largest absolute Gasteiger partial charge is 0.463 e. The number of esters is 1. The van der Waals surface area contributed by atoms with Gasteiger partial charge in [-0.2, -0.15) is 8.42 Å². The molecule has 0 aromatic heterocycles. The van der Waals surface area contributed by atoms with Crippen LogP contribution in [0.1, 0.15) is 13.8 Å².